The quantitative estimate of drug-likeness (QED) is 0.549. The summed E-state index contributed by atoms with van der Waals surface area (Å²) >= 11 is 1.29. The second-order valence-corrected chi connectivity index (χ2v) is 6.93. The Bertz CT molecular complexity index is 946. The average molecular weight is 389 g/mol. The summed E-state index contributed by atoms with van der Waals surface area (Å²) in [6.45, 7) is 2.65. The first-order valence-electron chi connectivity index (χ1n) is 8.36. The minimum Gasteiger partial charge on any atom is -0.466 e. The molecule has 0 bridgehead atoms. The normalized spacial score (nSPS) is 15.6. The smallest absolute Gasteiger partial charge is 0.441 e. The number of esters is 1. The third kappa shape index (κ3) is 4.13. The summed E-state index contributed by atoms with van der Waals surface area (Å²) in [5, 5.41) is 4.45. The molecular weight excluding hydrogens is 370 g/mol. The number of aromatic nitrogens is 2. The van der Waals surface area contributed by atoms with Crippen molar-refractivity contribution in [3.05, 3.63) is 51.5 Å². The van der Waals surface area contributed by atoms with E-state index in [4.69, 9.17) is 4.52 Å². The lowest BCUT2D eigenvalue weighted by Crippen LogP contribution is -2.28. The molecule has 0 aliphatic carbocycles. The molecule has 1 saturated heterocycles. The molecule has 1 aromatic heterocycles. The standard InChI is InChI=1S/C18H19N3O5S/c1-12-6-3-4-7-13(12)17-19-26-18(24)21(17)9-5-8-20-14(22)11-27-15(20)10-16(23)25-2/h3-4,6-7,10H,5,8-9,11H2,1-2H3/b15-10+. The molecule has 0 unspecified atom stereocenters. The van der Waals surface area contributed by atoms with Gasteiger partial charge in [0.25, 0.3) is 0 Å². The van der Waals surface area contributed by atoms with Crippen LogP contribution < -0.4 is 5.76 Å². The number of carbonyl (C=O) groups excluding carboxylic acids is 2. The molecule has 0 radical (unpaired) electrons. The van der Waals surface area contributed by atoms with Gasteiger partial charge in [-0.1, -0.05) is 41.2 Å². The lowest BCUT2D eigenvalue weighted by Gasteiger charge is -2.17. The zero-order chi connectivity index (χ0) is 19.4. The number of amides is 1. The van der Waals surface area contributed by atoms with Crippen molar-refractivity contribution in [1.29, 1.82) is 0 Å². The molecule has 0 atom stereocenters. The van der Waals surface area contributed by atoms with E-state index in [0.717, 1.165) is 11.1 Å². The third-order valence-electron chi connectivity index (χ3n) is 4.19. The average Bonchev–Trinajstić information content (AvgIpc) is 3.19. The van der Waals surface area contributed by atoms with Gasteiger partial charge in [-0.2, -0.15) is 0 Å². The first-order chi connectivity index (χ1) is 13.0. The first-order valence-corrected chi connectivity index (χ1v) is 9.35. The van der Waals surface area contributed by atoms with Gasteiger partial charge in [-0.05, 0) is 18.9 Å². The van der Waals surface area contributed by atoms with E-state index in [1.165, 1.54) is 34.4 Å². The summed E-state index contributed by atoms with van der Waals surface area (Å²) in [5.74, 6) is -0.377. The summed E-state index contributed by atoms with van der Waals surface area (Å²) in [6.07, 6.45) is 1.81. The Morgan fingerprint density at radius 1 is 1.33 bits per heavy atom. The summed E-state index contributed by atoms with van der Waals surface area (Å²) in [6, 6.07) is 7.59. The van der Waals surface area contributed by atoms with Gasteiger partial charge in [0.1, 0.15) is 0 Å². The van der Waals surface area contributed by atoms with E-state index in [-0.39, 0.29) is 11.7 Å². The molecule has 3 rings (SSSR count). The van der Waals surface area contributed by atoms with Crippen LogP contribution in [0.4, 0.5) is 0 Å². The van der Waals surface area contributed by atoms with Gasteiger partial charge in [-0.25, -0.2) is 9.59 Å². The molecule has 1 amide bonds. The van der Waals surface area contributed by atoms with Gasteiger partial charge in [0.05, 0.1) is 24.0 Å². The van der Waals surface area contributed by atoms with Crippen LogP contribution in [0.15, 0.2) is 44.7 Å². The molecule has 1 aliphatic rings. The summed E-state index contributed by atoms with van der Waals surface area (Å²) in [5.41, 5.74) is 1.80. The van der Waals surface area contributed by atoms with Gasteiger partial charge < -0.3 is 9.64 Å². The monoisotopic (exact) mass is 389 g/mol. The lowest BCUT2D eigenvalue weighted by atomic mass is 10.1. The second-order valence-electron chi connectivity index (χ2n) is 5.93. The summed E-state index contributed by atoms with van der Waals surface area (Å²) in [4.78, 5) is 37.1. The highest BCUT2D eigenvalue weighted by Gasteiger charge is 2.27. The Hall–Kier alpha value is -2.81. The van der Waals surface area contributed by atoms with Gasteiger partial charge in [-0.15, -0.1) is 0 Å². The molecule has 0 N–H and O–H groups in total. The predicted molar refractivity (Wildman–Crippen MR) is 99.8 cm³/mol. The van der Waals surface area contributed by atoms with Crippen molar-refractivity contribution in [3.63, 3.8) is 0 Å². The number of ether oxygens (including phenoxy) is 1. The minimum atomic E-state index is -0.541. The Morgan fingerprint density at radius 3 is 2.85 bits per heavy atom. The maximum Gasteiger partial charge on any atom is 0.441 e. The number of methoxy groups -OCH3 is 1. The van der Waals surface area contributed by atoms with Crippen molar-refractivity contribution in [1.82, 2.24) is 14.6 Å². The lowest BCUT2D eigenvalue weighted by molar-refractivity contribution is -0.134. The van der Waals surface area contributed by atoms with Gasteiger partial charge in [0, 0.05) is 18.7 Å². The zero-order valence-electron chi connectivity index (χ0n) is 15.0. The number of thioether (sulfide) groups is 1. The molecule has 0 spiro atoms. The molecule has 0 saturated carbocycles. The Balaban J connectivity index is 1.73. The number of rotatable bonds is 6. The predicted octanol–water partition coefficient (Wildman–Crippen LogP) is 1.79. The second kappa shape index (κ2) is 8.26. The number of hydrogen-bond donors (Lipinski definition) is 0. The van der Waals surface area contributed by atoms with Crippen molar-refractivity contribution >= 4 is 23.6 Å². The molecule has 2 heterocycles. The molecular formula is C18H19N3O5S. The van der Waals surface area contributed by atoms with E-state index in [0.29, 0.717) is 30.4 Å². The Kier molecular flexibility index (Phi) is 5.80. The van der Waals surface area contributed by atoms with Crippen LogP contribution in [0, 0.1) is 6.92 Å². The summed E-state index contributed by atoms with van der Waals surface area (Å²) in [7, 11) is 1.29. The fourth-order valence-corrected chi connectivity index (χ4v) is 3.75. The number of aryl methyl sites for hydroxylation is 1. The fraction of sp³-hybridized carbons (Fsp3) is 0.333. The van der Waals surface area contributed by atoms with E-state index < -0.39 is 11.7 Å². The zero-order valence-corrected chi connectivity index (χ0v) is 15.8. The Labute approximate surface area is 159 Å². The highest BCUT2D eigenvalue weighted by molar-refractivity contribution is 8.04. The van der Waals surface area contributed by atoms with Gasteiger partial charge in [0.2, 0.25) is 5.91 Å². The van der Waals surface area contributed by atoms with Crippen LogP contribution in [0.1, 0.15) is 12.0 Å². The van der Waals surface area contributed by atoms with Crippen LogP contribution >= 0.6 is 11.8 Å². The van der Waals surface area contributed by atoms with Gasteiger partial charge in [-0.3, -0.25) is 13.9 Å². The minimum absolute atomic E-state index is 0.0769. The summed E-state index contributed by atoms with van der Waals surface area (Å²) < 4.78 is 10.9. The van der Waals surface area contributed by atoms with Crippen molar-refractivity contribution in [2.45, 2.75) is 19.9 Å². The molecule has 27 heavy (non-hydrogen) atoms. The van der Waals surface area contributed by atoms with Crippen LogP contribution in [0.25, 0.3) is 11.4 Å². The van der Waals surface area contributed by atoms with E-state index >= 15 is 0 Å². The van der Waals surface area contributed by atoms with Crippen molar-refractivity contribution in [2.24, 2.45) is 0 Å². The van der Waals surface area contributed by atoms with E-state index in [1.54, 1.807) is 0 Å². The van der Waals surface area contributed by atoms with Gasteiger partial charge >= 0.3 is 11.7 Å². The maximum absolute atomic E-state index is 12.1. The van der Waals surface area contributed by atoms with Crippen LogP contribution in [-0.4, -0.2) is 45.9 Å². The van der Waals surface area contributed by atoms with Crippen LogP contribution in [0.3, 0.4) is 0 Å². The van der Waals surface area contributed by atoms with Crippen molar-refractivity contribution < 1.29 is 18.8 Å². The van der Waals surface area contributed by atoms with E-state index in [9.17, 15) is 14.4 Å². The Morgan fingerprint density at radius 2 is 2.11 bits per heavy atom. The van der Waals surface area contributed by atoms with Crippen molar-refractivity contribution in [3.8, 4) is 11.4 Å². The van der Waals surface area contributed by atoms with Gasteiger partial charge in [0.15, 0.2) is 5.82 Å². The van der Waals surface area contributed by atoms with Crippen LogP contribution in [-0.2, 0) is 20.9 Å². The SMILES string of the molecule is COC(=O)/C=C1/SCC(=O)N1CCCn1c(-c2ccccc2C)noc1=O. The third-order valence-corrected chi connectivity index (χ3v) is 5.21. The molecule has 1 aromatic carbocycles. The first kappa shape index (κ1) is 19.0. The molecule has 1 aliphatic heterocycles. The fourth-order valence-electron chi connectivity index (χ4n) is 2.80. The number of hydrogen-bond acceptors (Lipinski definition) is 7. The van der Waals surface area contributed by atoms with Crippen LogP contribution in [0.2, 0.25) is 0 Å². The number of carbonyl (C=O) groups is 2. The van der Waals surface area contributed by atoms with Crippen molar-refractivity contribution in [2.75, 3.05) is 19.4 Å². The van der Waals surface area contributed by atoms with E-state index in [2.05, 4.69) is 9.89 Å². The highest BCUT2D eigenvalue weighted by Crippen LogP contribution is 2.29. The number of benzene rings is 1. The molecule has 2 aromatic rings. The maximum atomic E-state index is 12.1. The topological polar surface area (TPSA) is 94.6 Å². The number of nitrogens with zero attached hydrogens (tertiary/aromatic N) is 3. The largest absolute Gasteiger partial charge is 0.466 e. The molecule has 1 fully saturated rings. The highest BCUT2D eigenvalue weighted by atomic mass is 32.2. The van der Waals surface area contributed by atoms with E-state index in [1.807, 2.05) is 31.2 Å². The molecule has 142 valence electrons. The van der Waals surface area contributed by atoms with Crippen LogP contribution in [0.5, 0.6) is 0 Å². The molecule has 9 heteroatoms. The molecule has 8 nitrogen and oxygen atoms in total.